The highest BCUT2D eigenvalue weighted by Gasteiger charge is 2.42. The normalized spacial score (nSPS) is 20.8. The number of hydrogen-bond donors (Lipinski definition) is 2. The molecule has 1 aromatic rings. The van der Waals surface area contributed by atoms with Crippen molar-refractivity contribution in [2.75, 3.05) is 6.61 Å². The Morgan fingerprint density at radius 3 is 2.45 bits per heavy atom. The van der Waals surface area contributed by atoms with E-state index in [2.05, 4.69) is 39.7 Å². The highest BCUT2D eigenvalue weighted by Crippen LogP contribution is 2.46. The third-order valence-corrected chi connectivity index (χ3v) is 4.82. The quantitative estimate of drug-likeness (QED) is 0.883. The number of aromatic hydroxyl groups is 1. The van der Waals surface area contributed by atoms with Gasteiger partial charge in [-0.1, -0.05) is 13.8 Å². The second-order valence-corrected chi connectivity index (χ2v) is 6.94. The van der Waals surface area contributed by atoms with E-state index in [1.165, 1.54) is 0 Å². The van der Waals surface area contributed by atoms with Gasteiger partial charge in [0.1, 0.15) is 15.9 Å². The van der Waals surface area contributed by atoms with Crippen LogP contribution in [0.3, 0.4) is 0 Å². The Morgan fingerprint density at radius 1 is 1.35 bits per heavy atom. The average molecular weight is 345 g/mol. The van der Waals surface area contributed by atoms with Crippen molar-refractivity contribution in [3.8, 4) is 5.88 Å². The molecule has 1 fully saturated rings. The van der Waals surface area contributed by atoms with Gasteiger partial charge in [-0.2, -0.15) is 4.98 Å². The summed E-state index contributed by atoms with van der Waals surface area (Å²) < 4.78 is 6.00. The third kappa shape index (κ3) is 2.91. The fourth-order valence-corrected chi connectivity index (χ4v) is 2.91. The minimum absolute atomic E-state index is 0.0593. The second kappa shape index (κ2) is 5.48. The molecular formula is C14H21BrN2O3. The number of H-pyrrole nitrogens is 1. The number of nitrogens with one attached hydrogen (secondary N) is 1. The minimum atomic E-state index is -0.596. The summed E-state index contributed by atoms with van der Waals surface area (Å²) in [6, 6.07) is 0. The highest BCUT2D eigenvalue weighted by molar-refractivity contribution is 9.10. The monoisotopic (exact) mass is 344 g/mol. The molecule has 0 radical (unpaired) electrons. The SMILES string of the molecule is CCOC1(c2nc(O)c(Br)c(=O)[nH]2)CCC(C)(C)CC1. The van der Waals surface area contributed by atoms with Crippen LogP contribution in [0, 0.1) is 5.41 Å². The van der Waals surface area contributed by atoms with E-state index in [0.717, 1.165) is 25.7 Å². The Kier molecular flexibility index (Phi) is 4.25. The van der Waals surface area contributed by atoms with Crippen LogP contribution in [0.1, 0.15) is 52.3 Å². The van der Waals surface area contributed by atoms with E-state index < -0.39 is 5.60 Å². The van der Waals surface area contributed by atoms with E-state index in [9.17, 15) is 9.90 Å². The Labute approximate surface area is 126 Å². The van der Waals surface area contributed by atoms with E-state index >= 15 is 0 Å². The summed E-state index contributed by atoms with van der Waals surface area (Å²) in [4.78, 5) is 18.7. The van der Waals surface area contributed by atoms with E-state index in [1.54, 1.807) is 0 Å². The van der Waals surface area contributed by atoms with E-state index in [-0.39, 0.29) is 21.3 Å². The maximum atomic E-state index is 11.8. The molecule has 0 spiro atoms. The predicted octanol–water partition coefficient (Wildman–Crippen LogP) is 3.07. The second-order valence-electron chi connectivity index (χ2n) is 6.14. The van der Waals surface area contributed by atoms with Crippen molar-refractivity contribution < 1.29 is 9.84 Å². The average Bonchev–Trinajstić information content (AvgIpc) is 2.38. The fraction of sp³-hybridized carbons (Fsp3) is 0.714. The Bertz CT molecular complexity index is 544. The molecule has 6 heteroatoms. The van der Waals surface area contributed by atoms with Crippen LogP contribution in [0.4, 0.5) is 0 Å². The predicted molar refractivity (Wildman–Crippen MR) is 79.8 cm³/mol. The molecule has 0 unspecified atom stereocenters. The molecule has 1 heterocycles. The molecule has 112 valence electrons. The third-order valence-electron chi connectivity index (χ3n) is 4.11. The lowest BCUT2D eigenvalue weighted by Crippen LogP contribution is -2.40. The van der Waals surface area contributed by atoms with Gasteiger partial charge in [-0.05, 0) is 54.0 Å². The molecule has 0 atom stereocenters. The Morgan fingerprint density at radius 2 is 1.95 bits per heavy atom. The topological polar surface area (TPSA) is 75.2 Å². The van der Waals surface area contributed by atoms with Crippen molar-refractivity contribution in [1.82, 2.24) is 9.97 Å². The van der Waals surface area contributed by atoms with Gasteiger partial charge in [-0.3, -0.25) is 4.79 Å². The van der Waals surface area contributed by atoms with Gasteiger partial charge in [0, 0.05) is 6.61 Å². The maximum absolute atomic E-state index is 11.8. The lowest BCUT2D eigenvalue weighted by atomic mass is 9.70. The first-order valence-electron chi connectivity index (χ1n) is 6.93. The molecule has 0 aromatic carbocycles. The van der Waals surface area contributed by atoms with E-state index in [1.807, 2.05) is 6.92 Å². The van der Waals surface area contributed by atoms with Crippen LogP contribution >= 0.6 is 15.9 Å². The van der Waals surface area contributed by atoms with E-state index in [0.29, 0.717) is 12.4 Å². The van der Waals surface area contributed by atoms with Crippen molar-refractivity contribution in [2.24, 2.45) is 5.41 Å². The minimum Gasteiger partial charge on any atom is -0.492 e. The largest absolute Gasteiger partial charge is 0.492 e. The molecule has 0 saturated heterocycles. The summed E-state index contributed by atoms with van der Waals surface area (Å²) in [5.74, 6) is 0.146. The first kappa shape index (κ1) is 15.5. The van der Waals surface area contributed by atoms with Crippen LogP contribution in [-0.2, 0) is 10.3 Å². The lowest BCUT2D eigenvalue weighted by Gasteiger charge is -2.42. The van der Waals surface area contributed by atoms with E-state index in [4.69, 9.17) is 4.74 Å². The van der Waals surface area contributed by atoms with Gasteiger partial charge in [0.25, 0.3) is 5.56 Å². The van der Waals surface area contributed by atoms with Gasteiger partial charge < -0.3 is 14.8 Å². The van der Waals surface area contributed by atoms with Gasteiger partial charge in [-0.25, -0.2) is 0 Å². The number of rotatable bonds is 3. The fourth-order valence-electron chi connectivity index (χ4n) is 2.72. The van der Waals surface area contributed by atoms with Crippen LogP contribution in [0.25, 0.3) is 0 Å². The van der Waals surface area contributed by atoms with Crippen LogP contribution < -0.4 is 5.56 Å². The molecule has 2 N–H and O–H groups in total. The molecule has 20 heavy (non-hydrogen) atoms. The van der Waals surface area contributed by atoms with Gasteiger partial charge >= 0.3 is 0 Å². The summed E-state index contributed by atoms with van der Waals surface area (Å²) >= 11 is 3.01. The summed E-state index contributed by atoms with van der Waals surface area (Å²) in [6.45, 7) is 6.94. The molecule has 0 amide bonds. The number of aromatic nitrogens is 2. The zero-order chi connectivity index (χ0) is 15.0. The molecule has 0 bridgehead atoms. The molecule has 0 aliphatic heterocycles. The van der Waals surface area contributed by atoms with Gasteiger partial charge in [0.2, 0.25) is 5.88 Å². The van der Waals surface area contributed by atoms with Crippen molar-refractivity contribution in [3.63, 3.8) is 0 Å². The van der Waals surface area contributed by atoms with Crippen molar-refractivity contribution in [2.45, 2.75) is 52.1 Å². The molecule has 1 aliphatic rings. The van der Waals surface area contributed by atoms with Crippen LogP contribution in [0.5, 0.6) is 5.88 Å². The van der Waals surface area contributed by atoms with Gasteiger partial charge in [0.15, 0.2) is 0 Å². The molecule has 1 saturated carbocycles. The molecule has 2 rings (SSSR count). The first-order chi connectivity index (χ1) is 9.30. The summed E-state index contributed by atoms with van der Waals surface area (Å²) in [7, 11) is 0. The van der Waals surface area contributed by atoms with Crippen LogP contribution in [-0.4, -0.2) is 21.7 Å². The summed E-state index contributed by atoms with van der Waals surface area (Å²) in [5, 5.41) is 9.76. The molecular weight excluding hydrogens is 324 g/mol. The molecule has 5 nitrogen and oxygen atoms in total. The van der Waals surface area contributed by atoms with Gasteiger partial charge in [-0.15, -0.1) is 0 Å². The maximum Gasteiger partial charge on any atom is 0.269 e. The smallest absolute Gasteiger partial charge is 0.269 e. The van der Waals surface area contributed by atoms with Gasteiger partial charge in [0.05, 0.1) is 0 Å². The number of hydrogen-bond acceptors (Lipinski definition) is 4. The van der Waals surface area contributed by atoms with Crippen molar-refractivity contribution in [3.05, 3.63) is 20.7 Å². The number of aromatic amines is 1. The zero-order valence-electron chi connectivity index (χ0n) is 12.1. The Balaban J connectivity index is 2.42. The molecule has 1 aliphatic carbocycles. The lowest BCUT2D eigenvalue weighted by molar-refractivity contribution is -0.0952. The summed E-state index contributed by atoms with van der Waals surface area (Å²) in [5.41, 5.74) is -0.698. The van der Waals surface area contributed by atoms with Crippen molar-refractivity contribution in [1.29, 1.82) is 0 Å². The van der Waals surface area contributed by atoms with Crippen molar-refractivity contribution >= 4 is 15.9 Å². The van der Waals surface area contributed by atoms with Crippen LogP contribution in [0.2, 0.25) is 0 Å². The number of ether oxygens (including phenoxy) is 1. The Hall–Kier alpha value is -0.880. The highest BCUT2D eigenvalue weighted by atomic mass is 79.9. The number of halogens is 1. The number of nitrogens with zero attached hydrogens (tertiary/aromatic N) is 1. The first-order valence-corrected chi connectivity index (χ1v) is 7.72. The standard InChI is InChI=1S/C14H21BrN2O3/c1-4-20-14(7-5-13(2,3)6-8-14)12-16-10(18)9(15)11(19)17-12/h4-8H2,1-3H3,(H2,16,17,18,19). The molecule has 1 aromatic heterocycles. The summed E-state index contributed by atoms with van der Waals surface area (Å²) in [6.07, 6.45) is 3.57. The zero-order valence-corrected chi connectivity index (χ0v) is 13.7. The van der Waals surface area contributed by atoms with Crippen LogP contribution in [0.15, 0.2) is 9.27 Å².